The van der Waals surface area contributed by atoms with Crippen LogP contribution in [0.5, 0.6) is 0 Å². The van der Waals surface area contributed by atoms with Crippen LogP contribution in [-0.4, -0.2) is 16.8 Å². The quantitative estimate of drug-likeness (QED) is 0.897. The molecular formula is C15H21N3O. The molecule has 102 valence electrons. The molecule has 1 unspecified atom stereocenters. The summed E-state index contributed by atoms with van der Waals surface area (Å²) in [7, 11) is 1.96. The summed E-state index contributed by atoms with van der Waals surface area (Å²) < 4.78 is 7.62. The van der Waals surface area contributed by atoms with Crippen molar-refractivity contribution in [2.45, 2.75) is 44.2 Å². The Morgan fingerprint density at radius 3 is 2.95 bits per heavy atom. The van der Waals surface area contributed by atoms with Crippen LogP contribution in [0.2, 0.25) is 0 Å². The van der Waals surface area contributed by atoms with E-state index in [-0.39, 0.29) is 6.04 Å². The molecule has 2 aromatic heterocycles. The first kappa shape index (κ1) is 12.5. The fourth-order valence-corrected chi connectivity index (χ4v) is 2.90. The highest BCUT2D eigenvalue weighted by atomic mass is 16.3. The van der Waals surface area contributed by atoms with Crippen molar-refractivity contribution in [3.05, 3.63) is 42.1 Å². The maximum absolute atomic E-state index is 5.47. The monoisotopic (exact) mass is 259 g/mol. The Labute approximate surface area is 113 Å². The molecule has 2 aromatic rings. The van der Waals surface area contributed by atoms with Gasteiger partial charge in [0.1, 0.15) is 5.76 Å². The zero-order chi connectivity index (χ0) is 13.1. The van der Waals surface area contributed by atoms with Gasteiger partial charge in [-0.15, -0.1) is 0 Å². The van der Waals surface area contributed by atoms with E-state index in [1.165, 1.54) is 25.7 Å². The van der Waals surface area contributed by atoms with Gasteiger partial charge in [0.05, 0.1) is 24.0 Å². The topological polar surface area (TPSA) is 43.0 Å². The fraction of sp³-hybridized carbons (Fsp3) is 0.533. The van der Waals surface area contributed by atoms with Crippen LogP contribution in [0, 0.1) is 0 Å². The van der Waals surface area contributed by atoms with Crippen LogP contribution in [0.1, 0.15) is 49.2 Å². The average Bonchev–Trinajstić information content (AvgIpc) is 3.15. The molecule has 0 saturated heterocycles. The zero-order valence-corrected chi connectivity index (χ0v) is 11.4. The van der Waals surface area contributed by atoms with Gasteiger partial charge >= 0.3 is 0 Å². The second-order valence-electron chi connectivity index (χ2n) is 5.29. The minimum Gasteiger partial charge on any atom is -0.468 e. The Hall–Kier alpha value is -1.55. The molecule has 4 nitrogen and oxygen atoms in total. The summed E-state index contributed by atoms with van der Waals surface area (Å²) in [6.07, 6.45) is 9.93. The number of hydrogen-bond donors (Lipinski definition) is 1. The number of nitrogens with zero attached hydrogens (tertiary/aromatic N) is 2. The highest BCUT2D eigenvalue weighted by Gasteiger charge is 2.19. The first-order chi connectivity index (χ1) is 9.36. The van der Waals surface area contributed by atoms with Crippen molar-refractivity contribution in [3.8, 4) is 0 Å². The van der Waals surface area contributed by atoms with Crippen molar-refractivity contribution in [2.24, 2.45) is 0 Å². The number of nitrogens with one attached hydrogen (secondary N) is 1. The predicted molar refractivity (Wildman–Crippen MR) is 73.9 cm³/mol. The first-order valence-corrected chi connectivity index (χ1v) is 7.11. The molecule has 0 radical (unpaired) electrons. The van der Waals surface area contributed by atoms with Crippen LogP contribution < -0.4 is 5.32 Å². The largest absolute Gasteiger partial charge is 0.468 e. The number of aromatic nitrogens is 2. The van der Waals surface area contributed by atoms with Gasteiger partial charge in [-0.25, -0.2) is 0 Å². The van der Waals surface area contributed by atoms with Crippen molar-refractivity contribution in [1.29, 1.82) is 0 Å². The van der Waals surface area contributed by atoms with Crippen molar-refractivity contribution in [1.82, 2.24) is 15.1 Å². The van der Waals surface area contributed by atoms with Crippen molar-refractivity contribution in [2.75, 3.05) is 7.05 Å². The second kappa shape index (κ2) is 5.61. The summed E-state index contributed by atoms with van der Waals surface area (Å²) in [4.78, 5) is 0. The third-order valence-electron chi connectivity index (χ3n) is 4.01. The Balaban J connectivity index is 1.69. The summed E-state index contributed by atoms with van der Waals surface area (Å²) in [5.74, 6) is 0.970. The average molecular weight is 259 g/mol. The van der Waals surface area contributed by atoms with Crippen molar-refractivity contribution >= 4 is 0 Å². The molecule has 4 heteroatoms. The van der Waals surface area contributed by atoms with Crippen LogP contribution in [0.25, 0.3) is 0 Å². The maximum Gasteiger partial charge on any atom is 0.121 e. The predicted octanol–water partition coefficient (Wildman–Crippen LogP) is 3.09. The fourth-order valence-electron chi connectivity index (χ4n) is 2.90. The smallest absolute Gasteiger partial charge is 0.121 e. The lowest BCUT2D eigenvalue weighted by Crippen LogP contribution is -2.18. The molecule has 0 aliphatic heterocycles. The maximum atomic E-state index is 5.47. The third kappa shape index (κ3) is 2.73. The van der Waals surface area contributed by atoms with Crippen LogP contribution in [-0.2, 0) is 6.42 Å². The van der Waals surface area contributed by atoms with Gasteiger partial charge in [0, 0.05) is 12.6 Å². The standard InChI is InChI=1S/C15H21N3O/c1-16-14(15-7-4-10-19-15)11-12-8-9-18(17-12)13-5-2-3-6-13/h4,7-10,13-14,16H,2-3,5-6,11H2,1H3. The molecule has 1 N–H and O–H groups in total. The van der Waals surface area contributed by atoms with E-state index in [4.69, 9.17) is 9.52 Å². The normalized spacial score (nSPS) is 17.9. The number of likely N-dealkylation sites (N-methyl/N-ethyl adjacent to an activating group) is 1. The molecule has 3 rings (SSSR count). The van der Waals surface area contributed by atoms with Gasteiger partial charge < -0.3 is 9.73 Å². The van der Waals surface area contributed by atoms with E-state index in [0.717, 1.165) is 17.9 Å². The summed E-state index contributed by atoms with van der Waals surface area (Å²) in [5, 5.41) is 8.01. The van der Waals surface area contributed by atoms with E-state index in [9.17, 15) is 0 Å². The van der Waals surface area contributed by atoms with Gasteiger partial charge in [-0.3, -0.25) is 4.68 Å². The molecule has 1 aliphatic carbocycles. The van der Waals surface area contributed by atoms with Gasteiger partial charge in [-0.1, -0.05) is 12.8 Å². The van der Waals surface area contributed by atoms with Gasteiger partial charge in [0.15, 0.2) is 0 Å². The zero-order valence-electron chi connectivity index (χ0n) is 11.4. The lowest BCUT2D eigenvalue weighted by molar-refractivity contribution is 0.421. The molecule has 1 aliphatic rings. The van der Waals surface area contributed by atoms with Gasteiger partial charge in [0.25, 0.3) is 0 Å². The van der Waals surface area contributed by atoms with E-state index in [2.05, 4.69) is 22.3 Å². The van der Waals surface area contributed by atoms with E-state index in [1.807, 2.05) is 19.2 Å². The lowest BCUT2D eigenvalue weighted by atomic mass is 10.1. The first-order valence-electron chi connectivity index (χ1n) is 7.11. The van der Waals surface area contributed by atoms with Gasteiger partial charge in [-0.05, 0) is 38.1 Å². The number of rotatable bonds is 5. The summed E-state index contributed by atoms with van der Waals surface area (Å²) in [6.45, 7) is 0. The molecule has 1 saturated carbocycles. The molecule has 0 amide bonds. The second-order valence-corrected chi connectivity index (χ2v) is 5.29. The SMILES string of the molecule is CNC(Cc1ccn(C2CCCC2)n1)c1ccco1. The minimum atomic E-state index is 0.196. The summed E-state index contributed by atoms with van der Waals surface area (Å²) >= 11 is 0. The highest BCUT2D eigenvalue weighted by molar-refractivity contribution is 5.10. The van der Waals surface area contributed by atoms with E-state index in [0.29, 0.717) is 6.04 Å². The number of furan rings is 1. The Kier molecular flexibility index (Phi) is 3.69. The summed E-state index contributed by atoms with van der Waals surface area (Å²) in [5.41, 5.74) is 1.13. The molecular weight excluding hydrogens is 238 g/mol. The van der Waals surface area contributed by atoms with E-state index >= 15 is 0 Å². The van der Waals surface area contributed by atoms with Crippen LogP contribution >= 0.6 is 0 Å². The molecule has 0 spiro atoms. The van der Waals surface area contributed by atoms with E-state index < -0.39 is 0 Å². The van der Waals surface area contributed by atoms with E-state index in [1.54, 1.807) is 6.26 Å². The Bertz CT molecular complexity index is 497. The van der Waals surface area contributed by atoms with Crippen LogP contribution in [0.15, 0.2) is 35.1 Å². The van der Waals surface area contributed by atoms with Crippen molar-refractivity contribution in [3.63, 3.8) is 0 Å². The highest BCUT2D eigenvalue weighted by Crippen LogP contribution is 2.29. The Morgan fingerprint density at radius 1 is 1.42 bits per heavy atom. The van der Waals surface area contributed by atoms with Gasteiger partial charge in [-0.2, -0.15) is 5.10 Å². The molecule has 1 atom stereocenters. The minimum absolute atomic E-state index is 0.196. The Morgan fingerprint density at radius 2 is 2.26 bits per heavy atom. The lowest BCUT2D eigenvalue weighted by Gasteiger charge is -2.12. The van der Waals surface area contributed by atoms with Crippen LogP contribution in [0.3, 0.4) is 0 Å². The van der Waals surface area contributed by atoms with Gasteiger partial charge in [0.2, 0.25) is 0 Å². The van der Waals surface area contributed by atoms with Crippen LogP contribution in [0.4, 0.5) is 0 Å². The third-order valence-corrected chi connectivity index (χ3v) is 4.01. The number of hydrogen-bond acceptors (Lipinski definition) is 3. The molecule has 1 fully saturated rings. The molecule has 19 heavy (non-hydrogen) atoms. The summed E-state index contributed by atoms with van der Waals surface area (Å²) in [6, 6.07) is 6.88. The molecule has 0 aromatic carbocycles. The molecule has 2 heterocycles. The van der Waals surface area contributed by atoms with Crippen molar-refractivity contribution < 1.29 is 4.42 Å². The molecule has 0 bridgehead atoms.